The Morgan fingerprint density at radius 1 is 1.31 bits per heavy atom. The van der Waals surface area contributed by atoms with Crippen LogP contribution in [0.5, 0.6) is 5.75 Å². The highest BCUT2D eigenvalue weighted by atomic mass is 79.9. The molecule has 1 amide bonds. The van der Waals surface area contributed by atoms with Gasteiger partial charge in [0.15, 0.2) is 0 Å². The van der Waals surface area contributed by atoms with E-state index in [1.807, 2.05) is 18.2 Å². The van der Waals surface area contributed by atoms with Crippen molar-refractivity contribution in [3.05, 3.63) is 70.2 Å². The molecule has 26 heavy (non-hydrogen) atoms. The van der Waals surface area contributed by atoms with E-state index in [1.54, 1.807) is 16.8 Å². The zero-order chi connectivity index (χ0) is 18.1. The van der Waals surface area contributed by atoms with Gasteiger partial charge in [-0.05, 0) is 51.3 Å². The largest absolute Gasteiger partial charge is 0.488 e. The van der Waals surface area contributed by atoms with Crippen molar-refractivity contribution in [2.75, 3.05) is 5.32 Å². The minimum atomic E-state index is -0.292. The van der Waals surface area contributed by atoms with Crippen molar-refractivity contribution in [2.24, 2.45) is 0 Å². The van der Waals surface area contributed by atoms with E-state index in [4.69, 9.17) is 4.74 Å². The first-order chi connectivity index (χ1) is 12.6. The fraction of sp³-hybridized carbons (Fsp3) is 0.167. The summed E-state index contributed by atoms with van der Waals surface area (Å²) >= 11 is 3.50. The fourth-order valence-corrected chi connectivity index (χ4v) is 3.40. The number of ether oxygens (including phenoxy) is 1. The van der Waals surface area contributed by atoms with Gasteiger partial charge in [-0.1, -0.05) is 18.2 Å². The number of nitrogens with one attached hydrogen (secondary N) is 1. The van der Waals surface area contributed by atoms with Gasteiger partial charge in [0.05, 0.1) is 16.9 Å². The van der Waals surface area contributed by atoms with Crippen LogP contribution in [-0.2, 0) is 11.4 Å². The number of rotatable bonds is 4. The number of carbonyl (C=O) groups is 1. The highest BCUT2D eigenvalue weighted by molar-refractivity contribution is 9.10. The summed E-state index contributed by atoms with van der Waals surface area (Å²) in [5.41, 5.74) is 1.66. The number of anilines is 1. The van der Waals surface area contributed by atoms with Crippen LogP contribution in [0.2, 0.25) is 0 Å². The van der Waals surface area contributed by atoms with Gasteiger partial charge in [0.2, 0.25) is 11.9 Å². The van der Waals surface area contributed by atoms with Crippen molar-refractivity contribution in [1.82, 2.24) is 14.8 Å². The summed E-state index contributed by atoms with van der Waals surface area (Å²) in [6, 6.07) is 11.7. The van der Waals surface area contributed by atoms with Crippen LogP contribution in [0.4, 0.5) is 10.3 Å². The van der Waals surface area contributed by atoms with Gasteiger partial charge in [-0.25, -0.2) is 9.07 Å². The van der Waals surface area contributed by atoms with E-state index in [1.165, 1.54) is 18.5 Å². The molecule has 1 N–H and O–H groups in total. The quantitative estimate of drug-likeness (QED) is 0.703. The van der Waals surface area contributed by atoms with Gasteiger partial charge in [0, 0.05) is 0 Å². The summed E-state index contributed by atoms with van der Waals surface area (Å²) in [7, 11) is 0. The maximum Gasteiger partial charge on any atom is 0.229 e. The standard InChI is InChI=1S/C18H14BrFN4O2/c19-14-7-12(15-8-17(25)23-18-21-10-22-24(15)18)4-5-16(14)26-9-11-2-1-3-13(20)6-11/h1-7,10,15H,8-9H2,(H,21,22,23,25)/t15-/m0/s1. The molecule has 1 aliphatic heterocycles. The monoisotopic (exact) mass is 416 g/mol. The molecule has 3 aromatic rings. The third-order valence-corrected chi connectivity index (χ3v) is 4.74. The van der Waals surface area contributed by atoms with Crippen LogP contribution in [0.3, 0.4) is 0 Å². The van der Waals surface area contributed by atoms with E-state index < -0.39 is 0 Å². The van der Waals surface area contributed by atoms with E-state index in [-0.39, 0.29) is 30.8 Å². The number of carbonyl (C=O) groups excluding carboxylic acids is 1. The van der Waals surface area contributed by atoms with E-state index in [2.05, 4.69) is 31.3 Å². The van der Waals surface area contributed by atoms with Crippen LogP contribution in [0.1, 0.15) is 23.6 Å². The molecule has 0 saturated carbocycles. The number of benzene rings is 2. The van der Waals surface area contributed by atoms with Crippen molar-refractivity contribution >= 4 is 27.8 Å². The highest BCUT2D eigenvalue weighted by Crippen LogP contribution is 2.33. The lowest BCUT2D eigenvalue weighted by atomic mass is 10.0. The number of hydrogen-bond donors (Lipinski definition) is 1. The fourth-order valence-electron chi connectivity index (χ4n) is 2.89. The Morgan fingerprint density at radius 2 is 2.19 bits per heavy atom. The highest BCUT2D eigenvalue weighted by Gasteiger charge is 2.28. The van der Waals surface area contributed by atoms with Crippen LogP contribution >= 0.6 is 15.9 Å². The number of nitrogens with zero attached hydrogens (tertiary/aromatic N) is 3. The number of aromatic nitrogens is 3. The smallest absolute Gasteiger partial charge is 0.229 e. The second kappa shape index (κ2) is 6.87. The van der Waals surface area contributed by atoms with Gasteiger partial charge in [-0.3, -0.25) is 10.1 Å². The first kappa shape index (κ1) is 16.7. The Kier molecular flexibility index (Phi) is 4.42. The van der Waals surface area contributed by atoms with E-state index in [0.717, 1.165) is 15.6 Å². The SMILES string of the molecule is O=C1C[C@@H](c2ccc(OCc3cccc(F)c3)c(Br)c2)n2ncnc2N1. The van der Waals surface area contributed by atoms with Crippen LogP contribution in [0, 0.1) is 5.82 Å². The van der Waals surface area contributed by atoms with Crippen LogP contribution in [0.15, 0.2) is 53.3 Å². The molecule has 0 aliphatic carbocycles. The Hall–Kier alpha value is -2.74. The summed E-state index contributed by atoms with van der Waals surface area (Å²) in [4.78, 5) is 15.9. The zero-order valence-corrected chi connectivity index (χ0v) is 15.1. The molecular weight excluding hydrogens is 403 g/mol. The molecule has 8 heteroatoms. The van der Waals surface area contributed by atoms with Gasteiger partial charge in [-0.15, -0.1) is 0 Å². The predicted molar refractivity (Wildman–Crippen MR) is 96.3 cm³/mol. The Morgan fingerprint density at radius 3 is 3.00 bits per heavy atom. The molecule has 1 aromatic heterocycles. The second-order valence-corrected chi connectivity index (χ2v) is 6.76. The molecule has 2 aromatic carbocycles. The molecule has 1 aliphatic rings. The number of fused-ring (bicyclic) bond motifs is 1. The van der Waals surface area contributed by atoms with Crippen molar-refractivity contribution < 1.29 is 13.9 Å². The predicted octanol–water partition coefficient (Wildman–Crippen LogP) is 3.69. The Bertz CT molecular complexity index is 975. The van der Waals surface area contributed by atoms with Crippen LogP contribution < -0.4 is 10.1 Å². The number of halogens is 2. The maximum atomic E-state index is 13.2. The summed E-state index contributed by atoms with van der Waals surface area (Å²) in [5, 5.41) is 6.89. The average Bonchev–Trinajstić information content (AvgIpc) is 3.08. The van der Waals surface area contributed by atoms with E-state index in [9.17, 15) is 9.18 Å². The maximum absolute atomic E-state index is 13.2. The molecule has 0 fully saturated rings. The minimum absolute atomic E-state index is 0.0990. The lowest BCUT2D eigenvalue weighted by Gasteiger charge is -2.24. The molecule has 0 unspecified atom stereocenters. The zero-order valence-electron chi connectivity index (χ0n) is 13.5. The minimum Gasteiger partial charge on any atom is -0.488 e. The number of amides is 1. The molecule has 0 spiro atoms. The molecule has 132 valence electrons. The summed E-state index contributed by atoms with van der Waals surface area (Å²) < 4.78 is 21.5. The molecule has 4 rings (SSSR count). The van der Waals surface area contributed by atoms with Gasteiger partial charge in [-0.2, -0.15) is 10.1 Å². The van der Waals surface area contributed by atoms with Crippen molar-refractivity contribution in [3.8, 4) is 5.75 Å². The summed E-state index contributed by atoms with van der Waals surface area (Å²) in [6.07, 6.45) is 1.70. The molecule has 0 radical (unpaired) electrons. The third-order valence-electron chi connectivity index (χ3n) is 4.12. The first-order valence-electron chi connectivity index (χ1n) is 7.96. The summed E-state index contributed by atoms with van der Waals surface area (Å²) in [5.74, 6) is 0.684. The van der Waals surface area contributed by atoms with Crippen LogP contribution in [-0.4, -0.2) is 20.7 Å². The molecule has 6 nitrogen and oxygen atoms in total. The lowest BCUT2D eigenvalue weighted by Crippen LogP contribution is -2.29. The second-order valence-electron chi connectivity index (χ2n) is 5.90. The third kappa shape index (κ3) is 3.32. The normalized spacial score (nSPS) is 16.1. The topological polar surface area (TPSA) is 69.0 Å². The van der Waals surface area contributed by atoms with Gasteiger partial charge in [0.1, 0.15) is 24.5 Å². The van der Waals surface area contributed by atoms with Gasteiger partial charge < -0.3 is 4.74 Å². The van der Waals surface area contributed by atoms with E-state index in [0.29, 0.717) is 11.7 Å². The number of hydrogen-bond acceptors (Lipinski definition) is 4. The van der Waals surface area contributed by atoms with Crippen molar-refractivity contribution in [1.29, 1.82) is 0 Å². The van der Waals surface area contributed by atoms with Crippen molar-refractivity contribution in [2.45, 2.75) is 19.1 Å². The molecule has 0 saturated heterocycles. The van der Waals surface area contributed by atoms with Crippen molar-refractivity contribution in [3.63, 3.8) is 0 Å². The lowest BCUT2D eigenvalue weighted by molar-refractivity contribution is -0.117. The average molecular weight is 417 g/mol. The summed E-state index contributed by atoms with van der Waals surface area (Å²) in [6.45, 7) is 0.259. The van der Waals surface area contributed by atoms with Gasteiger partial charge >= 0.3 is 0 Å². The molecule has 1 atom stereocenters. The Labute approximate surface area is 157 Å². The molecular formula is C18H14BrFN4O2. The molecule has 0 bridgehead atoms. The van der Waals surface area contributed by atoms with Crippen LogP contribution in [0.25, 0.3) is 0 Å². The first-order valence-corrected chi connectivity index (χ1v) is 8.75. The van der Waals surface area contributed by atoms with Gasteiger partial charge in [0.25, 0.3) is 0 Å². The van der Waals surface area contributed by atoms with E-state index >= 15 is 0 Å². The molecule has 2 heterocycles. The Balaban J connectivity index is 1.54.